The van der Waals surface area contributed by atoms with Crippen LogP contribution in [0.15, 0.2) is 66.7 Å². The maximum Gasteiger partial charge on any atom is 0.387 e. The normalized spacial score (nSPS) is 13.7. The van der Waals surface area contributed by atoms with Crippen molar-refractivity contribution in [2.24, 2.45) is 0 Å². The Kier molecular flexibility index (Phi) is 7.40. The third-order valence-corrected chi connectivity index (χ3v) is 6.91. The average Bonchev–Trinajstić information content (AvgIpc) is 3.29. The molecular formula is C29H19Cl2F2NO4. The molecule has 0 amide bonds. The molecule has 5 nitrogen and oxygen atoms in total. The minimum absolute atomic E-state index is 0.0721. The fourth-order valence-electron chi connectivity index (χ4n) is 4.42. The number of ketones is 1. The Labute approximate surface area is 226 Å². The second-order valence-electron chi connectivity index (χ2n) is 8.58. The number of para-hydroxylation sites is 1. The molecule has 0 spiro atoms. The van der Waals surface area contributed by atoms with E-state index in [-0.39, 0.29) is 11.3 Å². The monoisotopic (exact) mass is 553 g/mol. The van der Waals surface area contributed by atoms with E-state index < -0.39 is 25.0 Å². The van der Waals surface area contributed by atoms with Gasteiger partial charge in [0.25, 0.3) is 0 Å². The molecular weight excluding hydrogens is 535 g/mol. The predicted molar refractivity (Wildman–Crippen MR) is 142 cm³/mol. The molecule has 0 fully saturated rings. The van der Waals surface area contributed by atoms with Gasteiger partial charge in [0.05, 0.1) is 26.8 Å². The third-order valence-electron chi connectivity index (χ3n) is 6.17. The standard InChI is InChI=1S/C29H19Cl2F2NO4/c30-22-12-5-16(14-23(22)31)13-18-8-11-21-26(20-3-1-2-4-24(20)34-27(18)21)28(36)37-15-25(35)17-6-9-19(10-7-17)38-29(32)33/h1-7,9-10,12-14,29H,8,11,15H2/b18-13-. The lowest BCUT2D eigenvalue weighted by atomic mass is 10.0. The summed E-state index contributed by atoms with van der Waals surface area (Å²) in [4.78, 5) is 30.8. The van der Waals surface area contributed by atoms with E-state index in [1.807, 2.05) is 30.3 Å². The van der Waals surface area contributed by atoms with Crippen LogP contribution >= 0.6 is 23.2 Å². The fraction of sp³-hybridized carbons (Fsp3) is 0.138. The lowest BCUT2D eigenvalue weighted by molar-refractivity contribution is -0.0498. The summed E-state index contributed by atoms with van der Waals surface area (Å²) >= 11 is 12.2. The van der Waals surface area contributed by atoms with Crippen LogP contribution in [-0.4, -0.2) is 30.0 Å². The smallest absolute Gasteiger partial charge is 0.387 e. The minimum Gasteiger partial charge on any atom is -0.454 e. The molecule has 0 aliphatic heterocycles. The number of allylic oxidation sites excluding steroid dienone is 1. The zero-order valence-corrected chi connectivity index (χ0v) is 21.2. The minimum atomic E-state index is -2.96. The predicted octanol–water partition coefficient (Wildman–Crippen LogP) is 7.67. The number of alkyl halides is 2. The van der Waals surface area contributed by atoms with E-state index in [0.717, 1.165) is 16.7 Å². The molecule has 0 N–H and O–H groups in total. The zero-order valence-electron chi connectivity index (χ0n) is 19.7. The Balaban J connectivity index is 1.42. The van der Waals surface area contributed by atoms with Crippen LogP contribution in [0.5, 0.6) is 5.75 Å². The van der Waals surface area contributed by atoms with Crippen LogP contribution in [0.2, 0.25) is 10.0 Å². The average molecular weight is 554 g/mol. The van der Waals surface area contributed by atoms with E-state index in [1.165, 1.54) is 24.3 Å². The van der Waals surface area contributed by atoms with Gasteiger partial charge >= 0.3 is 12.6 Å². The number of halogens is 4. The van der Waals surface area contributed by atoms with Crippen molar-refractivity contribution in [1.29, 1.82) is 0 Å². The molecule has 1 heterocycles. The Morgan fingerprint density at radius 2 is 1.74 bits per heavy atom. The van der Waals surface area contributed by atoms with Crippen molar-refractivity contribution in [3.8, 4) is 5.75 Å². The first-order valence-electron chi connectivity index (χ1n) is 11.6. The van der Waals surface area contributed by atoms with Gasteiger partial charge < -0.3 is 9.47 Å². The lowest BCUT2D eigenvalue weighted by Gasteiger charge is -2.12. The van der Waals surface area contributed by atoms with Crippen LogP contribution < -0.4 is 4.74 Å². The number of rotatable bonds is 7. The highest BCUT2D eigenvalue weighted by molar-refractivity contribution is 6.42. The number of benzene rings is 3. The third kappa shape index (κ3) is 5.39. The molecule has 38 heavy (non-hydrogen) atoms. The van der Waals surface area contributed by atoms with Crippen molar-refractivity contribution in [1.82, 2.24) is 4.98 Å². The summed E-state index contributed by atoms with van der Waals surface area (Å²) in [6.45, 7) is -3.47. The molecule has 0 radical (unpaired) electrons. The van der Waals surface area contributed by atoms with Crippen molar-refractivity contribution in [3.63, 3.8) is 0 Å². The first-order valence-corrected chi connectivity index (χ1v) is 12.4. The van der Waals surface area contributed by atoms with Crippen molar-refractivity contribution in [2.45, 2.75) is 19.5 Å². The molecule has 0 atom stereocenters. The summed E-state index contributed by atoms with van der Waals surface area (Å²) in [6, 6.07) is 17.8. The van der Waals surface area contributed by atoms with Gasteiger partial charge in [0.1, 0.15) is 5.75 Å². The number of Topliss-reactive ketones (excluding diaryl/α,β-unsaturated/α-hetero) is 1. The highest BCUT2D eigenvalue weighted by Gasteiger charge is 2.28. The highest BCUT2D eigenvalue weighted by atomic mass is 35.5. The summed E-state index contributed by atoms with van der Waals surface area (Å²) in [5.74, 6) is -1.18. The molecule has 4 aromatic rings. The molecule has 3 aromatic carbocycles. The van der Waals surface area contributed by atoms with E-state index in [1.54, 1.807) is 18.2 Å². The second kappa shape index (κ2) is 10.9. The van der Waals surface area contributed by atoms with Crippen LogP contribution in [-0.2, 0) is 11.2 Å². The Morgan fingerprint density at radius 1 is 0.974 bits per heavy atom. The number of fused-ring (bicyclic) bond motifs is 2. The Bertz CT molecular complexity index is 1590. The van der Waals surface area contributed by atoms with Gasteiger partial charge in [-0.25, -0.2) is 9.78 Å². The van der Waals surface area contributed by atoms with Crippen LogP contribution in [0, 0.1) is 0 Å². The molecule has 192 valence electrons. The number of hydrogen-bond acceptors (Lipinski definition) is 5. The number of aromatic nitrogens is 1. The first kappa shape index (κ1) is 25.8. The summed E-state index contributed by atoms with van der Waals surface area (Å²) in [5, 5.41) is 1.53. The number of esters is 1. The van der Waals surface area contributed by atoms with Gasteiger partial charge in [0, 0.05) is 10.9 Å². The van der Waals surface area contributed by atoms with Gasteiger partial charge in [-0.05, 0) is 78.1 Å². The van der Waals surface area contributed by atoms with Gasteiger partial charge in [0.2, 0.25) is 0 Å². The number of carbonyl (C=O) groups excluding carboxylic acids is 2. The second-order valence-corrected chi connectivity index (χ2v) is 9.39. The first-order chi connectivity index (χ1) is 18.3. The number of pyridine rings is 1. The van der Waals surface area contributed by atoms with E-state index in [4.69, 9.17) is 32.9 Å². The zero-order chi connectivity index (χ0) is 26.8. The van der Waals surface area contributed by atoms with E-state index in [2.05, 4.69) is 4.74 Å². The van der Waals surface area contributed by atoms with Crippen LogP contribution in [0.3, 0.4) is 0 Å². The van der Waals surface area contributed by atoms with Gasteiger partial charge in [-0.1, -0.05) is 47.5 Å². The molecule has 1 aliphatic carbocycles. The number of nitrogens with zero attached hydrogens (tertiary/aromatic N) is 1. The summed E-state index contributed by atoms with van der Waals surface area (Å²) in [5.41, 5.74) is 4.45. The molecule has 0 saturated carbocycles. The van der Waals surface area contributed by atoms with E-state index in [9.17, 15) is 18.4 Å². The molecule has 1 aromatic heterocycles. The Morgan fingerprint density at radius 3 is 2.47 bits per heavy atom. The van der Waals surface area contributed by atoms with Crippen molar-refractivity contribution < 1.29 is 27.8 Å². The fourth-order valence-corrected chi connectivity index (χ4v) is 4.73. The maximum absolute atomic E-state index is 13.3. The Hall–Kier alpha value is -3.81. The molecule has 9 heteroatoms. The maximum atomic E-state index is 13.3. The van der Waals surface area contributed by atoms with Crippen LogP contribution in [0.4, 0.5) is 8.78 Å². The number of hydrogen-bond donors (Lipinski definition) is 0. The summed E-state index contributed by atoms with van der Waals surface area (Å²) in [6.07, 6.45) is 3.20. The summed E-state index contributed by atoms with van der Waals surface area (Å²) in [7, 11) is 0. The quantitative estimate of drug-likeness (QED) is 0.173. The molecule has 0 unspecified atom stereocenters. The van der Waals surface area contributed by atoms with Crippen molar-refractivity contribution in [2.75, 3.05) is 6.61 Å². The van der Waals surface area contributed by atoms with Crippen molar-refractivity contribution >= 4 is 57.5 Å². The number of carbonyl (C=O) groups is 2. The molecule has 5 rings (SSSR count). The SMILES string of the molecule is O=C(COC(=O)c1c2c(nc3ccccc13)/C(=C\c1ccc(Cl)c(Cl)c1)CC2)c1ccc(OC(F)F)cc1. The van der Waals surface area contributed by atoms with Gasteiger partial charge in [-0.15, -0.1) is 0 Å². The largest absolute Gasteiger partial charge is 0.454 e. The lowest BCUT2D eigenvalue weighted by Crippen LogP contribution is -2.16. The van der Waals surface area contributed by atoms with Gasteiger partial charge in [-0.2, -0.15) is 8.78 Å². The molecule has 0 bridgehead atoms. The summed E-state index contributed by atoms with van der Waals surface area (Å²) < 4.78 is 34.4. The van der Waals surface area contributed by atoms with E-state index >= 15 is 0 Å². The van der Waals surface area contributed by atoms with Gasteiger partial charge in [0.15, 0.2) is 12.4 Å². The molecule has 0 saturated heterocycles. The van der Waals surface area contributed by atoms with Crippen LogP contribution in [0.25, 0.3) is 22.6 Å². The highest BCUT2D eigenvalue weighted by Crippen LogP contribution is 2.38. The van der Waals surface area contributed by atoms with E-state index in [0.29, 0.717) is 45.0 Å². The van der Waals surface area contributed by atoms with Crippen LogP contribution in [0.1, 0.15) is 44.0 Å². The number of ether oxygens (including phenoxy) is 2. The topological polar surface area (TPSA) is 65.5 Å². The van der Waals surface area contributed by atoms with Gasteiger partial charge in [-0.3, -0.25) is 4.79 Å². The molecule has 1 aliphatic rings. The van der Waals surface area contributed by atoms with Crippen molar-refractivity contribution in [3.05, 3.63) is 105 Å².